The van der Waals surface area contributed by atoms with Crippen LogP contribution in [0.5, 0.6) is 0 Å². The Balaban J connectivity index is 2.09. The number of nitrogens with one attached hydrogen (secondary N) is 1. The number of hydrogen-bond donors (Lipinski definition) is 1. The first kappa shape index (κ1) is 15.0. The lowest BCUT2D eigenvalue weighted by Gasteiger charge is -2.06. The molecule has 2 aromatic rings. The Morgan fingerprint density at radius 1 is 1.40 bits per heavy atom. The van der Waals surface area contributed by atoms with E-state index in [2.05, 4.69) is 24.3 Å². The predicted molar refractivity (Wildman–Crippen MR) is 79.5 cm³/mol. The van der Waals surface area contributed by atoms with Gasteiger partial charge in [-0.1, -0.05) is 31.5 Å². The van der Waals surface area contributed by atoms with E-state index in [1.165, 1.54) is 11.6 Å². The molecular formula is C15H19ClFN3. The van der Waals surface area contributed by atoms with Crippen LogP contribution in [0.25, 0.3) is 0 Å². The fraction of sp³-hybridized carbons (Fsp3) is 0.400. The van der Waals surface area contributed by atoms with Crippen molar-refractivity contribution in [1.29, 1.82) is 0 Å². The van der Waals surface area contributed by atoms with Gasteiger partial charge < -0.3 is 5.32 Å². The van der Waals surface area contributed by atoms with E-state index in [4.69, 9.17) is 11.6 Å². The van der Waals surface area contributed by atoms with Crippen molar-refractivity contribution in [1.82, 2.24) is 15.1 Å². The smallest absolute Gasteiger partial charge is 0.141 e. The van der Waals surface area contributed by atoms with Crippen LogP contribution in [0.2, 0.25) is 5.02 Å². The second-order valence-electron chi connectivity index (χ2n) is 5.22. The Hall–Kier alpha value is -1.39. The van der Waals surface area contributed by atoms with Gasteiger partial charge in [-0.3, -0.25) is 4.68 Å². The largest absolute Gasteiger partial charge is 0.310 e. The predicted octanol–water partition coefficient (Wildman–Crippen LogP) is 3.53. The Kier molecular flexibility index (Phi) is 4.78. The average molecular weight is 296 g/mol. The highest BCUT2D eigenvalue weighted by Gasteiger charge is 2.07. The zero-order valence-electron chi connectivity index (χ0n) is 12.0. The molecular weight excluding hydrogens is 277 g/mol. The van der Waals surface area contributed by atoms with Crippen molar-refractivity contribution in [3.63, 3.8) is 0 Å². The molecule has 0 bridgehead atoms. The molecule has 0 aliphatic carbocycles. The van der Waals surface area contributed by atoms with Crippen molar-refractivity contribution in [3.8, 4) is 0 Å². The van der Waals surface area contributed by atoms with Crippen LogP contribution in [0.3, 0.4) is 0 Å². The van der Waals surface area contributed by atoms with Crippen LogP contribution in [-0.4, -0.2) is 15.8 Å². The van der Waals surface area contributed by atoms with Crippen LogP contribution < -0.4 is 5.32 Å². The van der Waals surface area contributed by atoms with Crippen LogP contribution >= 0.6 is 11.6 Å². The number of rotatable bonds is 5. The summed E-state index contributed by atoms with van der Waals surface area (Å²) in [6.07, 6.45) is 2.02. The fourth-order valence-corrected chi connectivity index (χ4v) is 2.16. The quantitative estimate of drug-likeness (QED) is 0.914. The molecule has 0 radical (unpaired) electrons. The van der Waals surface area contributed by atoms with Gasteiger partial charge in [0, 0.05) is 24.3 Å². The summed E-state index contributed by atoms with van der Waals surface area (Å²) >= 11 is 5.79. The summed E-state index contributed by atoms with van der Waals surface area (Å²) in [4.78, 5) is 0. The first-order chi connectivity index (χ1) is 9.45. The zero-order chi connectivity index (χ0) is 14.7. The number of aromatic nitrogens is 2. The highest BCUT2D eigenvalue weighted by molar-refractivity contribution is 6.30. The molecule has 1 N–H and O–H groups in total. The van der Waals surface area contributed by atoms with Crippen molar-refractivity contribution in [2.75, 3.05) is 0 Å². The molecule has 108 valence electrons. The van der Waals surface area contributed by atoms with Gasteiger partial charge in [0.05, 0.1) is 17.3 Å². The molecule has 1 aromatic heterocycles. The SMILES string of the molecule is Cc1nn(Cc2ccc(F)c(Cl)c2)cc1CNC(C)C. The second-order valence-corrected chi connectivity index (χ2v) is 5.63. The molecule has 0 saturated carbocycles. The van der Waals surface area contributed by atoms with Gasteiger partial charge in [-0.05, 0) is 24.6 Å². The fourth-order valence-electron chi connectivity index (χ4n) is 1.95. The molecule has 20 heavy (non-hydrogen) atoms. The first-order valence-corrected chi connectivity index (χ1v) is 7.03. The molecule has 1 aromatic carbocycles. The molecule has 3 nitrogen and oxygen atoms in total. The van der Waals surface area contributed by atoms with Gasteiger partial charge in [0.25, 0.3) is 0 Å². The van der Waals surface area contributed by atoms with E-state index in [0.717, 1.165) is 17.8 Å². The van der Waals surface area contributed by atoms with Crippen molar-refractivity contribution in [2.45, 2.75) is 39.9 Å². The minimum atomic E-state index is -0.395. The van der Waals surface area contributed by atoms with Gasteiger partial charge in [-0.15, -0.1) is 0 Å². The minimum Gasteiger partial charge on any atom is -0.310 e. The van der Waals surface area contributed by atoms with Gasteiger partial charge >= 0.3 is 0 Å². The van der Waals surface area contributed by atoms with Gasteiger partial charge in [-0.25, -0.2) is 4.39 Å². The summed E-state index contributed by atoms with van der Waals surface area (Å²) in [5, 5.41) is 7.99. The minimum absolute atomic E-state index is 0.146. The Bertz CT molecular complexity index is 593. The lowest BCUT2D eigenvalue weighted by molar-refractivity contribution is 0.587. The Morgan fingerprint density at radius 3 is 2.80 bits per heavy atom. The molecule has 1 heterocycles. The summed E-state index contributed by atoms with van der Waals surface area (Å²) in [5.41, 5.74) is 3.11. The monoisotopic (exact) mass is 295 g/mol. The van der Waals surface area contributed by atoms with Gasteiger partial charge in [0.2, 0.25) is 0 Å². The maximum absolute atomic E-state index is 13.1. The average Bonchev–Trinajstić information content (AvgIpc) is 2.72. The lowest BCUT2D eigenvalue weighted by atomic mass is 10.2. The van der Waals surface area contributed by atoms with Crippen LogP contribution in [0.4, 0.5) is 4.39 Å². The third kappa shape index (κ3) is 3.81. The summed E-state index contributed by atoms with van der Waals surface area (Å²) < 4.78 is 15.0. The lowest BCUT2D eigenvalue weighted by Crippen LogP contribution is -2.21. The maximum atomic E-state index is 13.1. The van der Waals surface area contributed by atoms with E-state index in [9.17, 15) is 4.39 Å². The third-order valence-electron chi connectivity index (χ3n) is 3.08. The standard InChI is InChI=1S/C15H19ClFN3/c1-10(2)18-7-13-9-20(19-11(13)3)8-12-4-5-15(17)14(16)6-12/h4-6,9-10,18H,7-8H2,1-3H3. The van der Waals surface area contributed by atoms with Crippen molar-refractivity contribution in [2.24, 2.45) is 0 Å². The highest BCUT2D eigenvalue weighted by Crippen LogP contribution is 2.17. The van der Waals surface area contributed by atoms with Crippen LogP contribution in [-0.2, 0) is 13.1 Å². The Morgan fingerprint density at radius 2 is 2.15 bits per heavy atom. The molecule has 0 fully saturated rings. The van der Waals surface area contributed by atoms with E-state index in [-0.39, 0.29) is 5.02 Å². The molecule has 0 unspecified atom stereocenters. The van der Waals surface area contributed by atoms with Gasteiger partial charge in [0.15, 0.2) is 0 Å². The normalized spacial score (nSPS) is 11.3. The van der Waals surface area contributed by atoms with E-state index in [1.807, 2.05) is 17.8 Å². The van der Waals surface area contributed by atoms with Crippen molar-refractivity contribution in [3.05, 3.63) is 52.1 Å². The van der Waals surface area contributed by atoms with Crippen molar-refractivity contribution < 1.29 is 4.39 Å². The second kappa shape index (κ2) is 6.37. The highest BCUT2D eigenvalue weighted by atomic mass is 35.5. The summed E-state index contributed by atoms with van der Waals surface area (Å²) in [6.45, 7) is 7.60. The summed E-state index contributed by atoms with van der Waals surface area (Å²) in [6, 6.07) is 5.19. The van der Waals surface area contributed by atoms with Gasteiger partial charge in [0.1, 0.15) is 5.82 Å². The van der Waals surface area contributed by atoms with E-state index < -0.39 is 5.82 Å². The zero-order valence-corrected chi connectivity index (χ0v) is 12.7. The first-order valence-electron chi connectivity index (χ1n) is 6.66. The van der Waals surface area contributed by atoms with Crippen LogP contribution in [0.15, 0.2) is 24.4 Å². The molecule has 5 heteroatoms. The molecule has 0 spiro atoms. The molecule has 2 rings (SSSR count). The van der Waals surface area contributed by atoms with Crippen LogP contribution in [0, 0.1) is 12.7 Å². The number of hydrogen-bond acceptors (Lipinski definition) is 2. The number of halogens is 2. The van der Waals surface area contributed by atoms with Crippen LogP contribution in [0.1, 0.15) is 30.7 Å². The summed E-state index contributed by atoms with van der Waals surface area (Å²) in [5.74, 6) is -0.395. The Labute approximate surface area is 123 Å². The molecule has 0 aliphatic rings. The number of nitrogens with zero attached hydrogens (tertiary/aromatic N) is 2. The van der Waals surface area contributed by atoms with E-state index in [0.29, 0.717) is 12.6 Å². The van der Waals surface area contributed by atoms with E-state index >= 15 is 0 Å². The molecule has 0 aliphatic heterocycles. The van der Waals surface area contributed by atoms with Crippen molar-refractivity contribution >= 4 is 11.6 Å². The van der Waals surface area contributed by atoms with E-state index in [1.54, 1.807) is 12.1 Å². The third-order valence-corrected chi connectivity index (χ3v) is 3.37. The topological polar surface area (TPSA) is 29.9 Å². The molecule has 0 atom stereocenters. The maximum Gasteiger partial charge on any atom is 0.141 e. The van der Waals surface area contributed by atoms with Gasteiger partial charge in [-0.2, -0.15) is 5.10 Å². The molecule has 0 amide bonds. The number of benzene rings is 1. The molecule has 0 saturated heterocycles. The number of aryl methyl sites for hydroxylation is 1. The summed E-state index contributed by atoms with van der Waals surface area (Å²) in [7, 11) is 0.